The number of carbonyl (C=O) groups excluding carboxylic acids is 2. The van der Waals surface area contributed by atoms with Crippen molar-refractivity contribution in [3.05, 3.63) is 0 Å². The van der Waals surface area contributed by atoms with Crippen LogP contribution < -0.4 is 11.1 Å². The number of nitrogens with zero attached hydrogens (tertiary/aromatic N) is 2. The van der Waals surface area contributed by atoms with Gasteiger partial charge in [-0.1, -0.05) is 61.5 Å². The summed E-state index contributed by atoms with van der Waals surface area (Å²) in [4.78, 5) is 22.8. The Morgan fingerprint density at radius 1 is 1.22 bits per heavy atom. The molecule has 3 atom stereocenters. The molecule has 23 heavy (non-hydrogen) atoms. The van der Waals surface area contributed by atoms with Gasteiger partial charge in [0.1, 0.15) is 0 Å². The Morgan fingerprint density at radius 3 is 2.52 bits per heavy atom. The smallest absolute Gasteiger partial charge is 0.230 e. The fourth-order valence-electron chi connectivity index (χ4n) is 2.61. The number of carbonyl (C=O) groups is 2. The Bertz CT molecular complexity index is 552. The molecule has 1 aromatic heterocycles. The highest BCUT2D eigenvalue weighted by molar-refractivity contribution is 8.03. The molecule has 2 rings (SSSR count). The second-order valence-corrected chi connectivity index (χ2v) is 9.24. The van der Waals surface area contributed by atoms with Gasteiger partial charge in [0.15, 0.2) is 8.68 Å². The lowest BCUT2D eigenvalue weighted by molar-refractivity contribution is -0.120. The second kappa shape index (κ2) is 8.89. The minimum atomic E-state index is -0.380. The number of nitrogens with two attached hydrogens (primary N) is 1. The van der Waals surface area contributed by atoms with E-state index in [9.17, 15) is 9.59 Å². The van der Waals surface area contributed by atoms with Crippen LogP contribution in [-0.2, 0) is 9.59 Å². The van der Waals surface area contributed by atoms with E-state index in [1.165, 1.54) is 47.7 Å². The van der Waals surface area contributed by atoms with Crippen molar-refractivity contribution in [3.63, 3.8) is 0 Å². The maximum atomic E-state index is 12.1. The predicted octanol–water partition coefficient (Wildman–Crippen LogP) is 2.15. The van der Waals surface area contributed by atoms with Crippen molar-refractivity contribution in [1.82, 2.24) is 15.5 Å². The van der Waals surface area contributed by atoms with Crippen LogP contribution in [0.5, 0.6) is 0 Å². The summed E-state index contributed by atoms with van der Waals surface area (Å²) in [7, 11) is 0. The Morgan fingerprint density at radius 2 is 1.87 bits per heavy atom. The molecule has 1 fully saturated rings. The molecule has 2 amide bonds. The number of hydrogen-bond donors (Lipinski definition) is 2. The van der Waals surface area contributed by atoms with Gasteiger partial charge >= 0.3 is 0 Å². The maximum absolute atomic E-state index is 12.1. The van der Waals surface area contributed by atoms with Crippen molar-refractivity contribution >= 4 is 46.7 Å². The van der Waals surface area contributed by atoms with Gasteiger partial charge in [0.25, 0.3) is 0 Å². The topological polar surface area (TPSA) is 98.0 Å². The quantitative estimate of drug-likeness (QED) is 0.710. The van der Waals surface area contributed by atoms with E-state index in [0.717, 1.165) is 10.8 Å². The molecule has 1 aromatic rings. The fourth-order valence-corrected chi connectivity index (χ4v) is 5.18. The molecule has 0 bridgehead atoms. The van der Waals surface area contributed by atoms with Crippen molar-refractivity contribution in [2.24, 2.45) is 17.6 Å². The summed E-state index contributed by atoms with van der Waals surface area (Å²) in [6.45, 7) is 4.47. The van der Waals surface area contributed by atoms with Crippen LogP contribution in [0.25, 0.3) is 0 Å². The highest BCUT2D eigenvalue weighted by Crippen LogP contribution is 2.30. The number of nitrogens with one attached hydrogen (secondary N) is 1. The zero-order chi connectivity index (χ0) is 16.8. The first-order valence-corrected chi connectivity index (χ1v) is 10.4. The number of rotatable bonds is 7. The number of aromatic nitrogens is 2. The summed E-state index contributed by atoms with van der Waals surface area (Å²) in [5, 5.41) is 11.1. The van der Waals surface area contributed by atoms with Crippen LogP contribution in [0.2, 0.25) is 0 Å². The monoisotopic (exact) mass is 374 g/mol. The fraction of sp³-hybridized carbons (Fsp3) is 0.714. The zero-order valence-electron chi connectivity index (χ0n) is 13.3. The van der Waals surface area contributed by atoms with Crippen molar-refractivity contribution in [2.75, 3.05) is 11.5 Å². The SMILES string of the molecule is CC1CCCC(NC(=O)CSc2nnc(SCC(N)=O)s2)C1C. The third-order valence-corrected chi connectivity index (χ3v) is 7.32. The lowest BCUT2D eigenvalue weighted by atomic mass is 9.78. The van der Waals surface area contributed by atoms with E-state index in [2.05, 4.69) is 29.4 Å². The summed E-state index contributed by atoms with van der Waals surface area (Å²) in [5.41, 5.74) is 5.09. The first kappa shape index (κ1) is 18.5. The van der Waals surface area contributed by atoms with Gasteiger partial charge in [-0.25, -0.2) is 0 Å². The van der Waals surface area contributed by atoms with Crippen LogP contribution in [0.15, 0.2) is 8.68 Å². The molecule has 3 unspecified atom stereocenters. The normalized spacial score (nSPS) is 24.3. The molecule has 1 aliphatic carbocycles. The van der Waals surface area contributed by atoms with Crippen LogP contribution in [0.4, 0.5) is 0 Å². The average molecular weight is 375 g/mol. The van der Waals surface area contributed by atoms with Crippen molar-refractivity contribution in [1.29, 1.82) is 0 Å². The number of primary amides is 1. The molecule has 6 nitrogen and oxygen atoms in total. The van der Waals surface area contributed by atoms with E-state index in [1.807, 2.05) is 0 Å². The zero-order valence-corrected chi connectivity index (χ0v) is 15.7. The van der Waals surface area contributed by atoms with E-state index in [-0.39, 0.29) is 23.6 Å². The molecule has 3 N–H and O–H groups in total. The number of thioether (sulfide) groups is 2. The highest BCUT2D eigenvalue weighted by Gasteiger charge is 2.28. The minimum Gasteiger partial charge on any atom is -0.369 e. The molecule has 0 saturated heterocycles. The van der Waals surface area contributed by atoms with E-state index in [0.29, 0.717) is 21.9 Å². The second-order valence-electron chi connectivity index (χ2n) is 5.82. The predicted molar refractivity (Wildman–Crippen MR) is 94.7 cm³/mol. The van der Waals surface area contributed by atoms with Crippen LogP contribution >= 0.6 is 34.9 Å². The van der Waals surface area contributed by atoms with Gasteiger partial charge in [-0.05, 0) is 18.3 Å². The van der Waals surface area contributed by atoms with E-state index in [1.54, 1.807) is 0 Å². The van der Waals surface area contributed by atoms with Crippen molar-refractivity contribution < 1.29 is 9.59 Å². The van der Waals surface area contributed by atoms with Gasteiger partial charge in [-0.15, -0.1) is 10.2 Å². The van der Waals surface area contributed by atoms with Gasteiger partial charge < -0.3 is 11.1 Å². The van der Waals surface area contributed by atoms with E-state index >= 15 is 0 Å². The molecular weight excluding hydrogens is 352 g/mol. The van der Waals surface area contributed by atoms with Gasteiger partial charge in [0, 0.05) is 6.04 Å². The molecule has 1 heterocycles. The summed E-state index contributed by atoms with van der Waals surface area (Å²) in [6, 6.07) is 0.281. The van der Waals surface area contributed by atoms with E-state index in [4.69, 9.17) is 5.73 Å². The van der Waals surface area contributed by atoms with Gasteiger partial charge in [0.2, 0.25) is 11.8 Å². The Kier molecular flexibility index (Phi) is 7.16. The Labute approximate surface area is 148 Å². The molecular formula is C14H22N4O2S3. The molecule has 128 valence electrons. The van der Waals surface area contributed by atoms with Crippen LogP contribution in [-0.4, -0.2) is 39.6 Å². The summed E-state index contributed by atoms with van der Waals surface area (Å²) >= 11 is 4.03. The largest absolute Gasteiger partial charge is 0.369 e. The summed E-state index contributed by atoms with van der Waals surface area (Å²) < 4.78 is 1.43. The first-order chi connectivity index (χ1) is 11.0. The number of hydrogen-bond acceptors (Lipinski definition) is 7. The molecule has 9 heteroatoms. The maximum Gasteiger partial charge on any atom is 0.230 e. The summed E-state index contributed by atoms with van der Waals surface area (Å²) in [5.74, 6) is 1.38. The lowest BCUT2D eigenvalue weighted by Gasteiger charge is -2.34. The van der Waals surface area contributed by atoms with Gasteiger partial charge in [0.05, 0.1) is 11.5 Å². The Balaban J connectivity index is 1.75. The number of amides is 2. The van der Waals surface area contributed by atoms with Crippen LogP contribution in [0, 0.1) is 11.8 Å². The van der Waals surface area contributed by atoms with Crippen LogP contribution in [0.3, 0.4) is 0 Å². The molecule has 0 radical (unpaired) electrons. The van der Waals surface area contributed by atoms with Crippen molar-refractivity contribution in [3.8, 4) is 0 Å². The lowest BCUT2D eigenvalue weighted by Crippen LogP contribution is -2.44. The van der Waals surface area contributed by atoms with Gasteiger partial charge in [-0.2, -0.15) is 0 Å². The Hall–Kier alpha value is -0.800. The third kappa shape index (κ3) is 5.96. The molecule has 0 aromatic carbocycles. The van der Waals surface area contributed by atoms with Crippen LogP contribution in [0.1, 0.15) is 33.1 Å². The molecule has 1 saturated carbocycles. The highest BCUT2D eigenvalue weighted by atomic mass is 32.2. The van der Waals surface area contributed by atoms with Gasteiger partial charge in [-0.3, -0.25) is 9.59 Å². The summed E-state index contributed by atoms with van der Waals surface area (Å²) in [6.07, 6.45) is 3.49. The average Bonchev–Trinajstić information content (AvgIpc) is 2.96. The van der Waals surface area contributed by atoms with E-state index < -0.39 is 0 Å². The van der Waals surface area contributed by atoms with Crippen molar-refractivity contribution in [2.45, 2.75) is 47.8 Å². The first-order valence-electron chi connectivity index (χ1n) is 7.62. The molecule has 0 spiro atoms. The third-order valence-electron chi connectivity index (χ3n) is 4.11. The molecule has 0 aliphatic heterocycles. The molecule has 1 aliphatic rings. The standard InChI is InChI=1S/C14H22N4O2S3/c1-8-4-3-5-10(9(8)2)16-12(20)7-22-14-18-17-13(23-14)21-6-11(15)19/h8-10H,3-7H2,1-2H3,(H2,15,19)(H,16,20). The minimum absolute atomic E-state index is 0.0440.